The molecule has 60 valence electrons. The summed E-state index contributed by atoms with van der Waals surface area (Å²) in [6.45, 7) is 0. The summed E-state index contributed by atoms with van der Waals surface area (Å²) >= 11 is 14.9. The van der Waals surface area contributed by atoms with Crippen LogP contribution >= 0.6 is 59.4 Å². The Kier molecular flexibility index (Phi) is 3.38. The summed E-state index contributed by atoms with van der Waals surface area (Å²) < 4.78 is 14.3. The van der Waals surface area contributed by atoms with Crippen molar-refractivity contribution in [3.8, 4) is 0 Å². The number of hydrogen-bond donors (Lipinski definition) is 0. The fraction of sp³-hybridized carbons (Fsp3) is 0. The smallest absolute Gasteiger partial charge is 0.154 e. The maximum atomic E-state index is 13.0. The van der Waals surface area contributed by atoms with Gasteiger partial charge in [0.1, 0.15) is 0 Å². The minimum atomic E-state index is -0.399. The van der Waals surface area contributed by atoms with Gasteiger partial charge in [-0.05, 0) is 53.9 Å². The highest BCUT2D eigenvalue weighted by Gasteiger charge is 2.11. The quantitative estimate of drug-likeness (QED) is 0.458. The molecule has 0 bridgehead atoms. The van der Waals surface area contributed by atoms with Crippen LogP contribution in [-0.2, 0) is 0 Å². The zero-order chi connectivity index (χ0) is 8.59. The normalized spacial score (nSPS) is 10.3. The summed E-state index contributed by atoms with van der Waals surface area (Å²) in [4.78, 5) is 0. The van der Waals surface area contributed by atoms with Gasteiger partial charge in [0.05, 0.1) is 14.0 Å². The molecular formula is C6HBr3ClF. The summed E-state index contributed by atoms with van der Waals surface area (Å²) in [5, 5.41) is 0.345. The van der Waals surface area contributed by atoms with E-state index in [0.29, 0.717) is 14.0 Å². The molecule has 0 fully saturated rings. The fourth-order valence-electron chi connectivity index (χ4n) is 0.544. The molecule has 0 aliphatic heterocycles. The summed E-state index contributed by atoms with van der Waals surface area (Å²) in [5.74, 6) is -0.399. The van der Waals surface area contributed by atoms with E-state index in [0.717, 1.165) is 0 Å². The van der Waals surface area contributed by atoms with Crippen molar-refractivity contribution in [2.75, 3.05) is 0 Å². The molecule has 0 aromatic heterocycles. The van der Waals surface area contributed by atoms with Gasteiger partial charge in [-0.1, -0.05) is 11.6 Å². The second-order valence-corrected chi connectivity index (χ2v) is 4.63. The molecule has 0 radical (unpaired) electrons. The predicted octanol–water partition coefficient (Wildman–Crippen LogP) is 4.77. The fourth-order valence-corrected chi connectivity index (χ4v) is 2.16. The van der Waals surface area contributed by atoms with Crippen molar-refractivity contribution in [2.45, 2.75) is 0 Å². The molecule has 0 aliphatic carbocycles. The zero-order valence-corrected chi connectivity index (χ0v) is 10.5. The molecule has 0 amide bonds. The van der Waals surface area contributed by atoms with Crippen molar-refractivity contribution < 1.29 is 4.39 Å². The van der Waals surface area contributed by atoms with Gasteiger partial charge < -0.3 is 0 Å². The monoisotopic (exact) mass is 364 g/mol. The van der Waals surface area contributed by atoms with Crippen molar-refractivity contribution in [3.63, 3.8) is 0 Å². The Morgan fingerprint density at radius 2 is 1.73 bits per heavy atom. The Morgan fingerprint density at radius 3 is 2.27 bits per heavy atom. The van der Waals surface area contributed by atoms with Crippen LogP contribution in [0, 0.1) is 5.82 Å². The van der Waals surface area contributed by atoms with Gasteiger partial charge in [0.15, 0.2) is 5.82 Å². The first kappa shape index (κ1) is 9.96. The minimum absolute atomic E-state index is 0.272. The van der Waals surface area contributed by atoms with Gasteiger partial charge >= 0.3 is 0 Å². The van der Waals surface area contributed by atoms with Gasteiger partial charge in [-0.3, -0.25) is 0 Å². The van der Waals surface area contributed by atoms with Crippen LogP contribution in [0.15, 0.2) is 19.5 Å². The van der Waals surface area contributed by atoms with Gasteiger partial charge in [0.25, 0.3) is 0 Å². The van der Waals surface area contributed by atoms with Crippen LogP contribution in [0.3, 0.4) is 0 Å². The van der Waals surface area contributed by atoms with E-state index in [1.807, 2.05) is 0 Å². The lowest BCUT2D eigenvalue weighted by Crippen LogP contribution is -1.82. The Labute approximate surface area is 93.5 Å². The molecule has 0 spiro atoms. The average Bonchev–Trinajstić information content (AvgIpc) is 1.97. The second-order valence-electron chi connectivity index (χ2n) is 1.78. The van der Waals surface area contributed by atoms with E-state index in [9.17, 15) is 4.39 Å². The van der Waals surface area contributed by atoms with E-state index in [2.05, 4.69) is 47.8 Å². The molecule has 1 rings (SSSR count). The van der Waals surface area contributed by atoms with Crippen molar-refractivity contribution in [3.05, 3.63) is 30.3 Å². The first-order valence-electron chi connectivity index (χ1n) is 2.52. The lowest BCUT2D eigenvalue weighted by molar-refractivity contribution is 0.613. The summed E-state index contributed by atoms with van der Waals surface area (Å²) in [5.41, 5.74) is 0. The number of benzene rings is 1. The summed E-state index contributed by atoms with van der Waals surface area (Å²) in [6, 6.07) is 1.61. The van der Waals surface area contributed by atoms with E-state index in [4.69, 9.17) is 11.6 Å². The maximum absolute atomic E-state index is 13.0. The number of hydrogen-bond acceptors (Lipinski definition) is 0. The first-order chi connectivity index (χ1) is 5.04. The number of halogens is 5. The molecule has 0 saturated carbocycles. The Hall–Kier alpha value is 0.880. The molecule has 0 unspecified atom stereocenters. The Bertz CT molecular complexity index is 274. The summed E-state index contributed by atoms with van der Waals surface area (Å²) in [6.07, 6.45) is 0. The SMILES string of the molecule is Fc1c(Br)c(Cl)cc(Br)c1Br. The van der Waals surface area contributed by atoms with Crippen LogP contribution in [0.5, 0.6) is 0 Å². The third kappa shape index (κ3) is 1.97. The molecule has 0 atom stereocenters. The largest absolute Gasteiger partial charge is 0.204 e. The molecule has 5 heteroatoms. The molecule has 0 N–H and O–H groups in total. The highest BCUT2D eigenvalue weighted by atomic mass is 79.9. The molecule has 1 aromatic carbocycles. The average molecular weight is 367 g/mol. The Morgan fingerprint density at radius 1 is 1.18 bits per heavy atom. The van der Waals surface area contributed by atoms with Crippen LogP contribution < -0.4 is 0 Å². The van der Waals surface area contributed by atoms with Crippen LogP contribution in [0.4, 0.5) is 4.39 Å². The molecule has 11 heavy (non-hydrogen) atoms. The second kappa shape index (κ2) is 3.73. The molecule has 1 aromatic rings. The maximum Gasteiger partial charge on any atom is 0.154 e. The van der Waals surface area contributed by atoms with Crippen LogP contribution in [-0.4, -0.2) is 0 Å². The zero-order valence-electron chi connectivity index (χ0n) is 4.97. The van der Waals surface area contributed by atoms with Gasteiger partial charge in [0.2, 0.25) is 0 Å². The standard InChI is InChI=1S/C6HBr3ClF/c7-2-1-3(10)5(9)6(11)4(2)8/h1H. The van der Waals surface area contributed by atoms with E-state index in [-0.39, 0.29) is 4.47 Å². The van der Waals surface area contributed by atoms with Gasteiger partial charge in [-0.15, -0.1) is 0 Å². The highest BCUT2D eigenvalue weighted by Crippen LogP contribution is 2.35. The first-order valence-corrected chi connectivity index (χ1v) is 5.28. The van der Waals surface area contributed by atoms with Crippen molar-refractivity contribution >= 4 is 59.4 Å². The van der Waals surface area contributed by atoms with Crippen molar-refractivity contribution in [1.29, 1.82) is 0 Å². The van der Waals surface area contributed by atoms with Gasteiger partial charge in [-0.25, -0.2) is 4.39 Å². The third-order valence-electron chi connectivity index (χ3n) is 1.06. The van der Waals surface area contributed by atoms with Crippen LogP contribution in [0.25, 0.3) is 0 Å². The number of rotatable bonds is 0. The lowest BCUT2D eigenvalue weighted by atomic mass is 10.3. The molecule has 0 nitrogen and oxygen atoms in total. The topological polar surface area (TPSA) is 0 Å². The van der Waals surface area contributed by atoms with Crippen LogP contribution in [0.2, 0.25) is 5.02 Å². The third-order valence-corrected chi connectivity index (χ3v) is 4.29. The minimum Gasteiger partial charge on any atom is -0.204 e. The van der Waals surface area contributed by atoms with Gasteiger partial charge in [0, 0.05) is 4.47 Å². The van der Waals surface area contributed by atoms with E-state index < -0.39 is 5.82 Å². The van der Waals surface area contributed by atoms with Crippen molar-refractivity contribution in [2.24, 2.45) is 0 Å². The van der Waals surface area contributed by atoms with Gasteiger partial charge in [-0.2, -0.15) is 0 Å². The molecule has 0 aliphatic rings. The molecular weight excluding hydrogens is 366 g/mol. The Balaban J connectivity index is 3.46. The molecule has 0 heterocycles. The highest BCUT2D eigenvalue weighted by molar-refractivity contribution is 9.13. The van der Waals surface area contributed by atoms with E-state index >= 15 is 0 Å². The van der Waals surface area contributed by atoms with E-state index in [1.165, 1.54) is 0 Å². The lowest BCUT2D eigenvalue weighted by Gasteiger charge is -2.02. The van der Waals surface area contributed by atoms with E-state index in [1.54, 1.807) is 6.07 Å². The van der Waals surface area contributed by atoms with Crippen molar-refractivity contribution in [1.82, 2.24) is 0 Å². The molecule has 0 saturated heterocycles. The predicted molar refractivity (Wildman–Crippen MR) is 54.5 cm³/mol. The summed E-state index contributed by atoms with van der Waals surface area (Å²) in [7, 11) is 0. The van der Waals surface area contributed by atoms with Crippen LogP contribution in [0.1, 0.15) is 0 Å².